The lowest BCUT2D eigenvalue weighted by atomic mass is 10.1. The first-order valence-corrected chi connectivity index (χ1v) is 9.60. The van der Waals surface area contributed by atoms with Gasteiger partial charge in [0.15, 0.2) is 5.65 Å². The van der Waals surface area contributed by atoms with E-state index >= 15 is 0 Å². The van der Waals surface area contributed by atoms with E-state index in [1.807, 2.05) is 36.4 Å². The monoisotopic (exact) mass is 400 g/mol. The van der Waals surface area contributed by atoms with Crippen LogP contribution in [0.15, 0.2) is 77.7 Å². The number of nitrogens with one attached hydrogen (secondary N) is 1. The molecule has 7 heteroatoms. The van der Waals surface area contributed by atoms with Crippen LogP contribution >= 0.6 is 0 Å². The number of benzene rings is 2. The van der Waals surface area contributed by atoms with E-state index in [0.717, 1.165) is 5.56 Å². The average molecular weight is 400 g/mol. The number of carbonyl (C=O) groups excluding carboxylic acids is 1. The Morgan fingerprint density at radius 3 is 2.70 bits per heavy atom. The normalized spacial score (nSPS) is 10.7. The Kier molecular flexibility index (Phi) is 5.52. The SMILES string of the molecule is CCOC(=O)Nc1cccc(-n2c(=O)c(Cc3ccccc3)nc3cccnc32)c1. The minimum absolute atomic E-state index is 0.252. The van der Waals surface area contributed by atoms with E-state index in [1.165, 1.54) is 4.57 Å². The highest BCUT2D eigenvalue weighted by molar-refractivity contribution is 5.85. The van der Waals surface area contributed by atoms with Crippen molar-refractivity contribution >= 4 is 22.9 Å². The van der Waals surface area contributed by atoms with E-state index in [9.17, 15) is 9.59 Å². The lowest BCUT2D eigenvalue weighted by molar-refractivity contribution is 0.168. The van der Waals surface area contributed by atoms with Gasteiger partial charge in [-0.1, -0.05) is 36.4 Å². The third kappa shape index (κ3) is 4.05. The summed E-state index contributed by atoms with van der Waals surface area (Å²) in [7, 11) is 0. The molecular formula is C23H20N4O3. The van der Waals surface area contributed by atoms with Crippen molar-refractivity contribution in [2.45, 2.75) is 13.3 Å². The van der Waals surface area contributed by atoms with Gasteiger partial charge in [-0.2, -0.15) is 0 Å². The Morgan fingerprint density at radius 2 is 1.90 bits per heavy atom. The van der Waals surface area contributed by atoms with Gasteiger partial charge in [0, 0.05) is 18.3 Å². The van der Waals surface area contributed by atoms with Crippen LogP contribution in [0.2, 0.25) is 0 Å². The molecule has 0 fully saturated rings. The number of anilines is 1. The number of carbonyl (C=O) groups is 1. The molecule has 0 spiro atoms. The largest absolute Gasteiger partial charge is 0.450 e. The van der Waals surface area contributed by atoms with E-state index in [2.05, 4.69) is 15.3 Å². The molecular weight excluding hydrogens is 380 g/mol. The zero-order valence-corrected chi connectivity index (χ0v) is 16.4. The third-order valence-electron chi connectivity index (χ3n) is 4.52. The van der Waals surface area contributed by atoms with Crippen LogP contribution in [0.3, 0.4) is 0 Å². The van der Waals surface area contributed by atoms with Gasteiger partial charge >= 0.3 is 6.09 Å². The number of hydrogen-bond acceptors (Lipinski definition) is 5. The Labute approximate surface area is 173 Å². The number of pyridine rings is 1. The van der Waals surface area contributed by atoms with Crippen molar-refractivity contribution in [3.63, 3.8) is 0 Å². The van der Waals surface area contributed by atoms with Gasteiger partial charge in [0.1, 0.15) is 11.2 Å². The van der Waals surface area contributed by atoms with Crippen LogP contribution in [-0.2, 0) is 11.2 Å². The van der Waals surface area contributed by atoms with E-state index in [-0.39, 0.29) is 12.2 Å². The molecule has 0 aliphatic rings. The fraction of sp³-hybridized carbons (Fsp3) is 0.130. The molecule has 1 N–H and O–H groups in total. The molecule has 2 aromatic heterocycles. The maximum atomic E-state index is 13.4. The maximum Gasteiger partial charge on any atom is 0.411 e. The Balaban J connectivity index is 1.83. The van der Waals surface area contributed by atoms with Crippen molar-refractivity contribution in [3.8, 4) is 5.69 Å². The molecule has 0 saturated carbocycles. The summed E-state index contributed by atoms with van der Waals surface area (Å²) in [6, 6.07) is 20.3. The van der Waals surface area contributed by atoms with Crippen molar-refractivity contribution in [2.75, 3.05) is 11.9 Å². The summed E-state index contributed by atoms with van der Waals surface area (Å²) in [5, 5.41) is 2.66. The summed E-state index contributed by atoms with van der Waals surface area (Å²) in [5.74, 6) is 0. The molecule has 2 aromatic carbocycles. The summed E-state index contributed by atoms with van der Waals surface area (Å²) in [6.07, 6.45) is 1.48. The number of fused-ring (bicyclic) bond motifs is 1. The predicted molar refractivity (Wildman–Crippen MR) is 115 cm³/mol. The second-order valence-electron chi connectivity index (χ2n) is 6.60. The Morgan fingerprint density at radius 1 is 1.07 bits per heavy atom. The molecule has 2 heterocycles. The molecule has 7 nitrogen and oxygen atoms in total. The quantitative estimate of drug-likeness (QED) is 0.548. The van der Waals surface area contributed by atoms with Gasteiger partial charge in [-0.05, 0) is 42.8 Å². The van der Waals surface area contributed by atoms with E-state index < -0.39 is 6.09 Å². The van der Waals surface area contributed by atoms with Crippen molar-refractivity contribution in [1.29, 1.82) is 0 Å². The predicted octanol–water partition coefficient (Wildman–Crippen LogP) is 3.94. The minimum atomic E-state index is -0.551. The molecule has 0 bridgehead atoms. The highest BCUT2D eigenvalue weighted by Crippen LogP contribution is 2.18. The maximum absolute atomic E-state index is 13.4. The van der Waals surface area contributed by atoms with E-state index in [0.29, 0.717) is 34.7 Å². The average Bonchev–Trinajstić information content (AvgIpc) is 2.75. The molecule has 0 aliphatic carbocycles. The van der Waals surface area contributed by atoms with Crippen LogP contribution in [-0.4, -0.2) is 27.2 Å². The Bertz CT molecular complexity index is 1250. The molecule has 0 aliphatic heterocycles. The number of amides is 1. The number of ether oxygens (including phenoxy) is 1. The van der Waals surface area contributed by atoms with Crippen LogP contribution in [0.5, 0.6) is 0 Å². The summed E-state index contributed by atoms with van der Waals surface area (Å²) in [4.78, 5) is 34.1. The van der Waals surface area contributed by atoms with Crippen molar-refractivity contribution in [2.24, 2.45) is 0 Å². The van der Waals surface area contributed by atoms with Gasteiger partial charge < -0.3 is 4.74 Å². The summed E-state index contributed by atoms with van der Waals surface area (Å²) >= 11 is 0. The fourth-order valence-corrected chi connectivity index (χ4v) is 3.22. The second kappa shape index (κ2) is 8.57. The lowest BCUT2D eigenvalue weighted by Crippen LogP contribution is -2.25. The standard InChI is InChI=1S/C23H20N4O3/c1-2-30-23(29)25-17-10-6-11-18(15-17)27-21-19(12-7-13-24-21)26-20(22(27)28)14-16-8-4-3-5-9-16/h3-13,15H,2,14H2,1H3,(H,25,29). The molecule has 0 radical (unpaired) electrons. The Hall–Kier alpha value is -4.00. The van der Waals surface area contributed by atoms with Crippen LogP contribution in [0.25, 0.3) is 16.9 Å². The molecule has 0 saturated heterocycles. The molecule has 150 valence electrons. The number of aromatic nitrogens is 3. The first kappa shape index (κ1) is 19.3. The summed E-state index contributed by atoms with van der Waals surface area (Å²) in [5.41, 5.74) is 3.33. The van der Waals surface area contributed by atoms with Gasteiger partial charge in [-0.15, -0.1) is 0 Å². The minimum Gasteiger partial charge on any atom is -0.450 e. The van der Waals surface area contributed by atoms with Gasteiger partial charge in [0.05, 0.1) is 12.3 Å². The van der Waals surface area contributed by atoms with Crippen LogP contribution in [0, 0.1) is 0 Å². The molecule has 0 unspecified atom stereocenters. The first-order chi connectivity index (χ1) is 14.7. The number of nitrogens with zero attached hydrogens (tertiary/aromatic N) is 3. The van der Waals surface area contributed by atoms with Crippen molar-refractivity contribution in [1.82, 2.24) is 14.5 Å². The van der Waals surface area contributed by atoms with Gasteiger partial charge in [0.25, 0.3) is 5.56 Å². The molecule has 0 atom stereocenters. The van der Waals surface area contributed by atoms with Gasteiger partial charge in [-0.3, -0.25) is 14.7 Å². The highest BCUT2D eigenvalue weighted by atomic mass is 16.5. The first-order valence-electron chi connectivity index (χ1n) is 9.60. The third-order valence-corrected chi connectivity index (χ3v) is 4.52. The zero-order valence-electron chi connectivity index (χ0n) is 16.4. The summed E-state index contributed by atoms with van der Waals surface area (Å²) in [6.45, 7) is 2.01. The van der Waals surface area contributed by atoms with Gasteiger partial charge in [-0.25, -0.2) is 14.8 Å². The molecule has 30 heavy (non-hydrogen) atoms. The summed E-state index contributed by atoms with van der Waals surface area (Å²) < 4.78 is 6.45. The lowest BCUT2D eigenvalue weighted by Gasteiger charge is -2.13. The molecule has 4 rings (SSSR count). The molecule has 1 amide bonds. The number of hydrogen-bond donors (Lipinski definition) is 1. The van der Waals surface area contributed by atoms with Crippen LogP contribution in [0.4, 0.5) is 10.5 Å². The van der Waals surface area contributed by atoms with Crippen molar-refractivity contribution < 1.29 is 9.53 Å². The van der Waals surface area contributed by atoms with E-state index in [4.69, 9.17) is 4.74 Å². The van der Waals surface area contributed by atoms with Crippen LogP contribution < -0.4 is 10.9 Å². The number of rotatable bonds is 5. The zero-order chi connectivity index (χ0) is 20.9. The van der Waals surface area contributed by atoms with E-state index in [1.54, 1.807) is 43.5 Å². The topological polar surface area (TPSA) is 86.1 Å². The second-order valence-corrected chi connectivity index (χ2v) is 6.60. The fourth-order valence-electron chi connectivity index (χ4n) is 3.22. The van der Waals surface area contributed by atoms with Crippen LogP contribution in [0.1, 0.15) is 18.2 Å². The molecule has 4 aromatic rings. The van der Waals surface area contributed by atoms with Gasteiger partial charge in [0.2, 0.25) is 0 Å². The highest BCUT2D eigenvalue weighted by Gasteiger charge is 2.14. The van der Waals surface area contributed by atoms with Crippen molar-refractivity contribution in [3.05, 3.63) is 94.5 Å². The smallest absolute Gasteiger partial charge is 0.411 e.